The van der Waals surface area contributed by atoms with Gasteiger partial charge in [0, 0.05) is 35.7 Å². The predicted molar refractivity (Wildman–Crippen MR) is 119 cm³/mol. The van der Waals surface area contributed by atoms with Crippen LogP contribution in [0.1, 0.15) is 32.9 Å². The maximum absolute atomic E-state index is 13.7. The molecule has 0 spiro atoms. The summed E-state index contributed by atoms with van der Waals surface area (Å²) in [6, 6.07) is 4.05. The van der Waals surface area contributed by atoms with Gasteiger partial charge in [0.05, 0.1) is 30.9 Å². The number of halogens is 1. The van der Waals surface area contributed by atoms with Crippen molar-refractivity contribution >= 4 is 35.1 Å². The molecule has 1 aromatic carbocycles. The van der Waals surface area contributed by atoms with Gasteiger partial charge in [0.2, 0.25) is 0 Å². The summed E-state index contributed by atoms with van der Waals surface area (Å²) in [5, 5.41) is 15.5. The third-order valence-electron chi connectivity index (χ3n) is 5.82. The molecular weight excluding hydrogens is 431 g/mol. The number of hydrogen-bond acceptors (Lipinski definition) is 5. The van der Waals surface area contributed by atoms with Gasteiger partial charge in [0.1, 0.15) is 11.9 Å². The summed E-state index contributed by atoms with van der Waals surface area (Å²) in [4.78, 5) is 42.1. The summed E-state index contributed by atoms with van der Waals surface area (Å²) in [5.41, 5.74) is 3.28. The Kier molecular flexibility index (Phi) is 6.30. The van der Waals surface area contributed by atoms with Gasteiger partial charge < -0.3 is 30.4 Å². The minimum atomic E-state index is -1.36. The summed E-state index contributed by atoms with van der Waals surface area (Å²) in [7, 11) is 0. The number of benzene rings is 1. The zero-order chi connectivity index (χ0) is 23.7. The summed E-state index contributed by atoms with van der Waals surface area (Å²) in [6.07, 6.45) is 0.220. The molecule has 1 fully saturated rings. The standard InChI is InChI=1S/C23H25FN4O5/c1-12-18(10-16-15-9-14(24)3-4-17(15)27-21(16)30)26-13(2)20(12)22(31)25-11-19(29)23(32)28-5-7-33-8-6-28/h3-4,9-10,19,26,29H,5-8,11H2,1-2H3,(H,25,31)(H,27,30). The smallest absolute Gasteiger partial charge is 0.256 e. The Bertz CT molecular complexity index is 1150. The van der Waals surface area contributed by atoms with Crippen molar-refractivity contribution in [2.45, 2.75) is 20.0 Å². The first-order valence-electron chi connectivity index (χ1n) is 10.6. The van der Waals surface area contributed by atoms with E-state index in [4.69, 9.17) is 4.74 Å². The molecule has 0 saturated carbocycles. The van der Waals surface area contributed by atoms with Gasteiger partial charge in [-0.05, 0) is 43.7 Å². The summed E-state index contributed by atoms with van der Waals surface area (Å²) in [5.74, 6) is -1.73. The van der Waals surface area contributed by atoms with Gasteiger partial charge in [-0.3, -0.25) is 14.4 Å². The fourth-order valence-electron chi connectivity index (χ4n) is 4.07. The van der Waals surface area contributed by atoms with Crippen LogP contribution >= 0.6 is 0 Å². The van der Waals surface area contributed by atoms with E-state index in [0.717, 1.165) is 0 Å². The van der Waals surface area contributed by atoms with E-state index in [2.05, 4.69) is 15.6 Å². The first-order valence-corrected chi connectivity index (χ1v) is 10.6. The molecule has 2 aliphatic heterocycles. The van der Waals surface area contributed by atoms with E-state index in [1.807, 2.05) is 0 Å². The van der Waals surface area contributed by atoms with Crippen molar-refractivity contribution in [1.82, 2.24) is 15.2 Å². The number of aliphatic hydroxyl groups is 1. The van der Waals surface area contributed by atoms with E-state index >= 15 is 0 Å². The number of anilines is 1. The number of rotatable bonds is 5. The van der Waals surface area contributed by atoms with Crippen molar-refractivity contribution in [3.05, 3.63) is 52.1 Å². The number of nitrogens with one attached hydrogen (secondary N) is 3. The third-order valence-corrected chi connectivity index (χ3v) is 5.82. The fraction of sp³-hybridized carbons (Fsp3) is 0.348. The van der Waals surface area contributed by atoms with Crippen LogP contribution in [0.2, 0.25) is 0 Å². The molecule has 1 unspecified atom stereocenters. The van der Waals surface area contributed by atoms with Gasteiger partial charge in [-0.1, -0.05) is 0 Å². The lowest BCUT2D eigenvalue weighted by molar-refractivity contribution is -0.143. The van der Waals surface area contributed by atoms with Crippen LogP contribution in [0.15, 0.2) is 18.2 Å². The van der Waals surface area contributed by atoms with Crippen LogP contribution in [-0.4, -0.2) is 71.7 Å². The number of aliphatic hydroxyl groups excluding tert-OH is 1. The Morgan fingerprint density at radius 1 is 1.30 bits per heavy atom. The lowest BCUT2D eigenvalue weighted by Gasteiger charge is -2.28. The molecule has 174 valence electrons. The van der Waals surface area contributed by atoms with Gasteiger partial charge in [0.15, 0.2) is 0 Å². The summed E-state index contributed by atoms with van der Waals surface area (Å²) in [6.45, 7) is 4.84. The number of aryl methyl sites for hydroxylation is 1. The van der Waals surface area contributed by atoms with Crippen molar-refractivity contribution in [2.75, 3.05) is 38.2 Å². The zero-order valence-electron chi connectivity index (χ0n) is 18.3. The van der Waals surface area contributed by atoms with Crippen LogP contribution in [0.3, 0.4) is 0 Å². The normalized spacial score (nSPS) is 17.6. The number of carbonyl (C=O) groups is 3. The number of fused-ring (bicyclic) bond motifs is 1. The van der Waals surface area contributed by atoms with E-state index < -0.39 is 23.7 Å². The first-order chi connectivity index (χ1) is 15.8. The van der Waals surface area contributed by atoms with E-state index in [1.54, 1.807) is 19.9 Å². The summed E-state index contributed by atoms with van der Waals surface area (Å²) >= 11 is 0. The largest absolute Gasteiger partial charge is 0.381 e. The minimum absolute atomic E-state index is 0.232. The molecule has 0 aliphatic carbocycles. The van der Waals surface area contributed by atoms with Gasteiger partial charge in [-0.2, -0.15) is 0 Å². The number of morpholine rings is 1. The molecule has 4 N–H and O–H groups in total. The molecule has 33 heavy (non-hydrogen) atoms. The van der Waals surface area contributed by atoms with E-state index in [0.29, 0.717) is 60.1 Å². The predicted octanol–water partition coefficient (Wildman–Crippen LogP) is 1.21. The molecule has 1 atom stereocenters. The van der Waals surface area contributed by atoms with Crippen molar-refractivity contribution in [3.8, 4) is 0 Å². The van der Waals surface area contributed by atoms with Gasteiger partial charge >= 0.3 is 0 Å². The molecule has 9 nitrogen and oxygen atoms in total. The molecule has 3 amide bonds. The quantitative estimate of drug-likeness (QED) is 0.504. The van der Waals surface area contributed by atoms with Crippen LogP contribution < -0.4 is 10.6 Å². The van der Waals surface area contributed by atoms with Crippen LogP contribution in [0.4, 0.5) is 10.1 Å². The molecule has 1 aromatic heterocycles. The lowest BCUT2D eigenvalue weighted by atomic mass is 10.0. The average Bonchev–Trinajstić information content (AvgIpc) is 3.26. The van der Waals surface area contributed by atoms with E-state index in [-0.39, 0.29) is 18.0 Å². The van der Waals surface area contributed by atoms with Crippen LogP contribution in [0.25, 0.3) is 11.6 Å². The topological polar surface area (TPSA) is 124 Å². The molecular formula is C23H25FN4O5. The number of H-pyrrole nitrogens is 1. The number of amides is 3. The molecule has 2 aromatic rings. The fourth-order valence-corrected chi connectivity index (χ4v) is 4.07. The van der Waals surface area contributed by atoms with Gasteiger partial charge in [-0.15, -0.1) is 0 Å². The Balaban J connectivity index is 1.49. The molecule has 2 aliphatic rings. The van der Waals surface area contributed by atoms with Crippen LogP contribution in [0, 0.1) is 19.7 Å². The number of hydrogen-bond donors (Lipinski definition) is 4. The Hall–Kier alpha value is -3.50. The van der Waals surface area contributed by atoms with Crippen molar-refractivity contribution < 1.29 is 28.6 Å². The molecule has 0 bridgehead atoms. The number of ether oxygens (including phenoxy) is 1. The molecule has 10 heteroatoms. The first kappa shape index (κ1) is 22.7. The molecule has 1 saturated heterocycles. The molecule has 0 radical (unpaired) electrons. The minimum Gasteiger partial charge on any atom is -0.381 e. The highest BCUT2D eigenvalue weighted by atomic mass is 19.1. The highest BCUT2D eigenvalue weighted by molar-refractivity contribution is 6.34. The number of nitrogens with zero attached hydrogens (tertiary/aromatic N) is 1. The Morgan fingerprint density at radius 3 is 2.76 bits per heavy atom. The Morgan fingerprint density at radius 2 is 2.03 bits per heavy atom. The highest BCUT2D eigenvalue weighted by Crippen LogP contribution is 2.34. The van der Waals surface area contributed by atoms with Gasteiger partial charge in [-0.25, -0.2) is 4.39 Å². The zero-order valence-corrected chi connectivity index (χ0v) is 18.3. The number of aromatic nitrogens is 1. The molecule has 3 heterocycles. The summed E-state index contributed by atoms with van der Waals surface area (Å²) < 4.78 is 18.9. The maximum atomic E-state index is 13.7. The van der Waals surface area contributed by atoms with Crippen LogP contribution in [-0.2, 0) is 14.3 Å². The third kappa shape index (κ3) is 4.53. The van der Waals surface area contributed by atoms with E-state index in [9.17, 15) is 23.9 Å². The van der Waals surface area contributed by atoms with Crippen molar-refractivity contribution in [3.63, 3.8) is 0 Å². The second-order valence-electron chi connectivity index (χ2n) is 8.03. The number of carbonyl (C=O) groups excluding carboxylic acids is 3. The second kappa shape index (κ2) is 9.16. The average molecular weight is 456 g/mol. The van der Waals surface area contributed by atoms with E-state index in [1.165, 1.54) is 23.1 Å². The SMILES string of the molecule is Cc1[nH]c(C=C2C(=O)Nc3ccc(F)cc32)c(C)c1C(=O)NCC(O)C(=O)N1CCOCC1. The van der Waals surface area contributed by atoms with Gasteiger partial charge in [0.25, 0.3) is 17.7 Å². The Labute approximate surface area is 189 Å². The van der Waals surface area contributed by atoms with Crippen molar-refractivity contribution in [1.29, 1.82) is 0 Å². The number of aromatic amines is 1. The molecule has 4 rings (SSSR count). The highest BCUT2D eigenvalue weighted by Gasteiger charge is 2.27. The van der Waals surface area contributed by atoms with Crippen molar-refractivity contribution in [2.24, 2.45) is 0 Å². The van der Waals surface area contributed by atoms with Crippen LogP contribution in [0.5, 0.6) is 0 Å². The second-order valence-corrected chi connectivity index (χ2v) is 8.03. The lowest BCUT2D eigenvalue weighted by Crippen LogP contribution is -2.49. The monoisotopic (exact) mass is 456 g/mol. The maximum Gasteiger partial charge on any atom is 0.256 e.